The standard InChI is InChI=1S/C9H14N4O3S/c1-12-17(14,15)13-7-4-3-6(9(10)11)5-8(7)16-2/h3-5,12-13H,1-2H3,(H3,10,11). The summed E-state index contributed by atoms with van der Waals surface area (Å²) in [4.78, 5) is 0. The summed E-state index contributed by atoms with van der Waals surface area (Å²) in [6.45, 7) is 0. The van der Waals surface area contributed by atoms with E-state index in [-0.39, 0.29) is 17.3 Å². The minimum atomic E-state index is -3.60. The lowest BCUT2D eigenvalue weighted by atomic mass is 10.2. The van der Waals surface area contributed by atoms with Crippen LogP contribution >= 0.6 is 0 Å². The second kappa shape index (κ2) is 5.02. The van der Waals surface area contributed by atoms with Gasteiger partial charge in [-0.2, -0.15) is 8.42 Å². The lowest BCUT2D eigenvalue weighted by Crippen LogP contribution is -2.26. The molecule has 0 aromatic heterocycles. The van der Waals surface area contributed by atoms with Gasteiger partial charge in [-0.05, 0) is 18.2 Å². The largest absolute Gasteiger partial charge is 0.495 e. The summed E-state index contributed by atoms with van der Waals surface area (Å²) in [6, 6.07) is 4.48. The van der Waals surface area contributed by atoms with E-state index in [1.807, 2.05) is 0 Å². The zero-order valence-electron chi connectivity index (χ0n) is 9.44. The van der Waals surface area contributed by atoms with Crippen molar-refractivity contribution < 1.29 is 13.2 Å². The Morgan fingerprint density at radius 2 is 2.12 bits per heavy atom. The highest BCUT2D eigenvalue weighted by molar-refractivity contribution is 7.90. The zero-order chi connectivity index (χ0) is 13.1. The van der Waals surface area contributed by atoms with Crippen LogP contribution < -0.4 is 19.9 Å². The van der Waals surface area contributed by atoms with Crippen LogP contribution in [0.2, 0.25) is 0 Å². The maximum atomic E-state index is 11.3. The third-order valence-corrected chi connectivity index (χ3v) is 3.05. The minimum Gasteiger partial charge on any atom is -0.495 e. The first kappa shape index (κ1) is 13.3. The smallest absolute Gasteiger partial charge is 0.298 e. The Hall–Kier alpha value is -1.80. The molecule has 0 spiro atoms. The maximum Gasteiger partial charge on any atom is 0.298 e. The molecule has 7 nitrogen and oxygen atoms in total. The number of hydrogen-bond donors (Lipinski definition) is 4. The molecule has 0 radical (unpaired) electrons. The summed E-state index contributed by atoms with van der Waals surface area (Å²) >= 11 is 0. The Labute approximate surface area is 99.7 Å². The highest BCUT2D eigenvalue weighted by Gasteiger charge is 2.11. The molecule has 94 valence electrons. The van der Waals surface area contributed by atoms with E-state index in [0.29, 0.717) is 5.56 Å². The van der Waals surface area contributed by atoms with E-state index in [0.717, 1.165) is 0 Å². The quantitative estimate of drug-likeness (QED) is 0.434. The second-order valence-corrected chi connectivity index (χ2v) is 4.76. The van der Waals surface area contributed by atoms with Crippen molar-refractivity contribution in [2.75, 3.05) is 18.9 Å². The number of hydrogen-bond acceptors (Lipinski definition) is 4. The molecule has 1 rings (SSSR count). The average molecular weight is 258 g/mol. The number of nitrogens with two attached hydrogens (primary N) is 1. The first-order valence-corrected chi connectivity index (χ1v) is 6.11. The molecule has 0 aliphatic carbocycles. The van der Waals surface area contributed by atoms with Crippen molar-refractivity contribution in [1.29, 1.82) is 5.41 Å². The number of methoxy groups -OCH3 is 1. The van der Waals surface area contributed by atoms with Gasteiger partial charge in [-0.3, -0.25) is 10.1 Å². The van der Waals surface area contributed by atoms with Crippen LogP contribution in [0.1, 0.15) is 5.56 Å². The highest BCUT2D eigenvalue weighted by Crippen LogP contribution is 2.25. The molecular weight excluding hydrogens is 244 g/mol. The van der Waals surface area contributed by atoms with Gasteiger partial charge in [0.15, 0.2) is 0 Å². The fourth-order valence-corrected chi connectivity index (χ4v) is 1.70. The molecule has 5 N–H and O–H groups in total. The van der Waals surface area contributed by atoms with Crippen LogP contribution in [0.15, 0.2) is 18.2 Å². The van der Waals surface area contributed by atoms with Crippen molar-refractivity contribution in [3.8, 4) is 5.75 Å². The molecule has 0 atom stereocenters. The zero-order valence-corrected chi connectivity index (χ0v) is 10.3. The van der Waals surface area contributed by atoms with Crippen molar-refractivity contribution in [1.82, 2.24) is 4.72 Å². The SMILES string of the molecule is CNS(=O)(=O)Nc1ccc(C(=N)N)cc1OC. The Morgan fingerprint density at radius 3 is 2.59 bits per heavy atom. The monoisotopic (exact) mass is 258 g/mol. The van der Waals surface area contributed by atoms with Crippen molar-refractivity contribution in [3.63, 3.8) is 0 Å². The molecule has 0 heterocycles. The normalized spacial score (nSPS) is 10.9. The number of amidine groups is 1. The number of ether oxygens (including phenoxy) is 1. The topological polar surface area (TPSA) is 117 Å². The van der Waals surface area contributed by atoms with Gasteiger partial charge in [0.25, 0.3) is 10.2 Å². The number of nitrogens with one attached hydrogen (secondary N) is 3. The first-order valence-electron chi connectivity index (χ1n) is 4.63. The van der Waals surface area contributed by atoms with Gasteiger partial charge in [0.2, 0.25) is 0 Å². The van der Waals surface area contributed by atoms with Crippen LogP contribution in [0, 0.1) is 5.41 Å². The Kier molecular flexibility index (Phi) is 3.92. The van der Waals surface area contributed by atoms with Gasteiger partial charge in [0, 0.05) is 12.6 Å². The molecule has 0 saturated heterocycles. The lowest BCUT2D eigenvalue weighted by Gasteiger charge is -2.12. The van der Waals surface area contributed by atoms with Gasteiger partial charge < -0.3 is 10.5 Å². The summed E-state index contributed by atoms with van der Waals surface area (Å²) in [5.74, 6) is 0.169. The van der Waals surface area contributed by atoms with E-state index in [2.05, 4.69) is 9.44 Å². The third kappa shape index (κ3) is 3.33. The van der Waals surface area contributed by atoms with Gasteiger partial charge in [-0.15, -0.1) is 0 Å². The van der Waals surface area contributed by atoms with E-state index >= 15 is 0 Å². The predicted octanol–water partition coefficient (Wildman–Crippen LogP) is -0.145. The summed E-state index contributed by atoms with van der Waals surface area (Å²) in [5, 5.41) is 7.26. The average Bonchev–Trinajstić information content (AvgIpc) is 2.29. The van der Waals surface area contributed by atoms with E-state index in [1.165, 1.54) is 32.4 Å². The van der Waals surface area contributed by atoms with Crippen LogP contribution in [0.3, 0.4) is 0 Å². The minimum absolute atomic E-state index is 0.119. The third-order valence-electron chi connectivity index (χ3n) is 2.03. The van der Waals surface area contributed by atoms with Crippen LogP contribution in [0.5, 0.6) is 5.75 Å². The van der Waals surface area contributed by atoms with Gasteiger partial charge in [0.1, 0.15) is 11.6 Å². The molecular formula is C9H14N4O3S. The predicted molar refractivity (Wildman–Crippen MR) is 65.6 cm³/mol. The van der Waals surface area contributed by atoms with E-state index in [1.54, 1.807) is 0 Å². The molecule has 1 aromatic rings. The van der Waals surface area contributed by atoms with Gasteiger partial charge in [0.05, 0.1) is 12.8 Å². The van der Waals surface area contributed by atoms with Crippen LogP contribution in [0.4, 0.5) is 5.69 Å². The first-order chi connectivity index (χ1) is 7.89. The summed E-state index contributed by atoms with van der Waals surface area (Å²) < 4.78 is 32.0. The van der Waals surface area contributed by atoms with Gasteiger partial charge in [-0.1, -0.05) is 0 Å². The summed E-state index contributed by atoms with van der Waals surface area (Å²) in [7, 11) is -0.914. The Bertz CT molecular complexity index is 527. The van der Waals surface area contributed by atoms with Crippen LogP contribution in [-0.4, -0.2) is 28.4 Å². The lowest BCUT2D eigenvalue weighted by molar-refractivity contribution is 0.416. The molecule has 0 aliphatic heterocycles. The van der Waals surface area contributed by atoms with Crippen molar-refractivity contribution >= 4 is 21.7 Å². The van der Waals surface area contributed by atoms with Gasteiger partial charge >= 0.3 is 0 Å². The number of rotatable bonds is 5. The van der Waals surface area contributed by atoms with Crippen LogP contribution in [-0.2, 0) is 10.2 Å². The molecule has 17 heavy (non-hydrogen) atoms. The molecule has 0 amide bonds. The van der Waals surface area contributed by atoms with E-state index in [4.69, 9.17) is 15.9 Å². The molecule has 0 saturated carbocycles. The van der Waals surface area contributed by atoms with E-state index in [9.17, 15) is 8.42 Å². The number of benzene rings is 1. The second-order valence-electron chi connectivity index (χ2n) is 3.14. The molecule has 1 aromatic carbocycles. The number of anilines is 1. The fraction of sp³-hybridized carbons (Fsp3) is 0.222. The molecule has 8 heteroatoms. The number of nitrogen functional groups attached to an aromatic ring is 1. The van der Waals surface area contributed by atoms with Crippen LogP contribution in [0.25, 0.3) is 0 Å². The molecule has 0 aliphatic rings. The summed E-state index contributed by atoms with van der Waals surface area (Å²) in [6.07, 6.45) is 0. The summed E-state index contributed by atoms with van der Waals surface area (Å²) in [5.41, 5.74) is 6.04. The molecule has 0 unspecified atom stereocenters. The van der Waals surface area contributed by atoms with Crippen molar-refractivity contribution in [2.24, 2.45) is 5.73 Å². The fourth-order valence-electron chi connectivity index (χ4n) is 1.14. The van der Waals surface area contributed by atoms with E-state index < -0.39 is 10.2 Å². The van der Waals surface area contributed by atoms with Crippen molar-refractivity contribution in [2.45, 2.75) is 0 Å². The van der Waals surface area contributed by atoms with Gasteiger partial charge in [-0.25, -0.2) is 4.72 Å². The highest BCUT2D eigenvalue weighted by atomic mass is 32.2. The van der Waals surface area contributed by atoms with Crippen molar-refractivity contribution in [3.05, 3.63) is 23.8 Å². The molecule has 0 fully saturated rings. The maximum absolute atomic E-state index is 11.3. The Balaban J connectivity index is 3.14. The molecule has 0 bridgehead atoms. The Morgan fingerprint density at radius 1 is 1.47 bits per heavy atom.